The van der Waals surface area contributed by atoms with Crippen LogP contribution in [0.25, 0.3) is 0 Å². The molecule has 1 aliphatic heterocycles. The Balaban J connectivity index is 2.27. The number of ether oxygens (including phenoxy) is 4. The van der Waals surface area contributed by atoms with Gasteiger partial charge in [-0.2, -0.15) is 8.42 Å². The summed E-state index contributed by atoms with van der Waals surface area (Å²) >= 11 is 0. The summed E-state index contributed by atoms with van der Waals surface area (Å²) in [6.07, 6.45) is 33.4. The van der Waals surface area contributed by atoms with E-state index in [0.717, 1.165) is 83.5 Å². The van der Waals surface area contributed by atoms with E-state index in [9.17, 15) is 28.5 Å². The maximum Gasteiger partial charge on any atom is 0.397 e. The molecule has 1 heterocycles. The van der Waals surface area contributed by atoms with E-state index in [0.29, 0.717) is 13.0 Å². The number of carbonyl (C=O) groups is 1. The van der Waals surface area contributed by atoms with E-state index in [1.807, 2.05) is 0 Å². The molecule has 1 fully saturated rings. The van der Waals surface area contributed by atoms with Gasteiger partial charge in [0.1, 0.15) is 30.5 Å². The van der Waals surface area contributed by atoms with Gasteiger partial charge in [-0.1, -0.05) is 152 Å². The van der Waals surface area contributed by atoms with Crippen LogP contribution in [0.15, 0.2) is 48.6 Å². The molecule has 4 N–H and O–H groups in total. The van der Waals surface area contributed by atoms with Crippen molar-refractivity contribution in [1.29, 1.82) is 0 Å². The van der Waals surface area contributed by atoms with Gasteiger partial charge in [-0.05, 0) is 51.4 Å². The molecule has 6 atom stereocenters. The van der Waals surface area contributed by atoms with Crippen molar-refractivity contribution in [2.75, 3.05) is 26.4 Å². The molecule has 0 radical (unpaired) electrons. The van der Waals surface area contributed by atoms with Gasteiger partial charge in [-0.3, -0.25) is 9.35 Å². The van der Waals surface area contributed by atoms with Crippen LogP contribution in [0.4, 0.5) is 0 Å². The number of unbranched alkanes of at least 4 members (excludes halogenated alkanes) is 16. The Hall–Kier alpha value is -1.94. The maximum atomic E-state index is 12.7. The number of esters is 1. The second kappa shape index (κ2) is 36.0. The van der Waals surface area contributed by atoms with Gasteiger partial charge in [-0.15, -0.1) is 0 Å². The molecule has 0 bridgehead atoms. The molecular weight excluding hydrogens is 753 g/mol. The van der Waals surface area contributed by atoms with Gasteiger partial charge in [-0.25, -0.2) is 4.18 Å². The second-order valence-corrected chi connectivity index (χ2v) is 16.0. The molecule has 57 heavy (non-hydrogen) atoms. The molecule has 0 aromatic rings. The number of aliphatic hydroxyl groups is 3. The second-order valence-electron chi connectivity index (χ2n) is 14.9. The molecule has 1 aliphatic rings. The number of rotatable bonds is 37. The van der Waals surface area contributed by atoms with Gasteiger partial charge >= 0.3 is 16.4 Å². The molecule has 0 spiro atoms. The van der Waals surface area contributed by atoms with Gasteiger partial charge in [0.05, 0.1) is 19.8 Å². The van der Waals surface area contributed by atoms with Crippen LogP contribution in [-0.2, 0) is 38.3 Å². The fraction of sp³-hybridized carbons (Fsp3) is 0.795. The van der Waals surface area contributed by atoms with E-state index in [2.05, 4.69) is 66.6 Å². The first kappa shape index (κ1) is 53.1. The molecule has 332 valence electrons. The van der Waals surface area contributed by atoms with Crippen molar-refractivity contribution in [3.63, 3.8) is 0 Å². The largest absolute Gasteiger partial charge is 0.457 e. The van der Waals surface area contributed by atoms with E-state index in [4.69, 9.17) is 23.5 Å². The van der Waals surface area contributed by atoms with Crippen LogP contribution in [0.2, 0.25) is 0 Å². The highest BCUT2D eigenvalue weighted by atomic mass is 32.3. The highest BCUT2D eigenvalue weighted by Crippen LogP contribution is 2.26. The van der Waals surface area contributed by atoms with Crippen LogP contribution < -0.4 is 0 Å². The molecule has 0 aromatic carbocycles. The minimum atomic E-state index is -5.06. The molecule has 13 heteroatoms. The summed E-state index contributed by atoms with van der Waals surface area (Å²) in [5.41, 5.74) is 0. The van der Waals surface area contributed by atoms with Crippen LogP contribution in [0.3, 0.4) is 0 Å². The van der Waals surface area contributed by atoms with E-state index < -0.39 is 59.8 Å². The van der Waals surface area contributed by atoms with Crippen molar-refractivity contribution in [1.82, 2.24) is 0 Å². The minimum absolute atomic E-state index is 0.0332. The molecule has 12 nitrogen and oxygen atoms in total. The normalized spacial score (nSPS) is 21.1. The smallest absolute Gasteiger partial charge is 0.397 e. The topological polar surface area (TPSA) is 178 Å². The molecule has 1 saturated heterocycles. The molecule has 1 rings (SSSR count). The highest BCUT2D eigenvalue weighted by Gasteiger charge is 2.48. The Morgan fingerprint density at radius 2 is 1.21 bits per heavy atom. The maximum absolute atomic E-state index is 12.7. The Kier molecular flexibility index (Phi) is 33.5. The van der Waals surface area contributed by atoms with Crippen molar-refractivity contribution in [2.45, 2.75) is 198 Å². The lowest BCUT2D eigenvalue weighted by molar-refractivity contribution is -0.301. The number of hydrogen-bond donors (Lipinski definition) is 4. The summed E-state index contributed by atoms with van der Waals surface area (Å²) in [5, 5.41) is 30.5. The predicted octanol–water partition coefficient (Wildman–Crippen LogP) is 8.80. The first-order valence-electron chi connectivity index (χ1n) is 21.9. The Labute approximate surface area is 345 Å². The van der Waals surface area contributed by atoms with Crippen LogP contribution in [0.1, 0.15) is 162 Å². The van der Waals surface area contributed by atoms with E-state index in [1.54, 1.807) is 0 Å². The molecule has 0 aromatic heterocycles. The summed E-state index contributed by atoms with van der Waals surface area (Å²) in [5.74, 6) is -0.411. The van der Waals surface area contributed by atoms with Crippen LogP contribution in [-0.4, -0.2) is 97.5 Å². The standard InChI is InChI=1S/C44H78O12S/c1-3-5-7-9-11-12-13-14-15-16-17-18-19-20-21-22-23-24-25-26-27-28-30-32-34-52-36-38(54-40(46)33-31-29-10-8-6-4-2)37-53-44-42(48)43(56-57(49,50)51)41(47)39(35-45)55-44/h5,7,11-12,14-15,17-18,38-39,41-45,47-48H,3-4,6,8-10,13,16,19-37H2,1-2H3,(H,49,50,51)/b7-5-,12-11-,15-14-,18-17-. The van der Waals surface area contributed by atoms with Crippen molar-refractivity contribution >= 4 is 16.4 Å². The van der Waals surface area contributed by atoms with Crippen molar-refractivity contribution in [3.8, 4) is 0 Å². The van der Waals surface area contributed by atoms with E-state index >= 15 is 0 Å². The molecule has 0 aliphatic carbocycles. The van der Waals surface area contributed by atoms with Gasteiger partial charge in [0.2, 0.25) is 0 Å². The van der Waals surface area contributed by atoms with Crippen LogP contribution >= 0.6 is 0 Å². The van der Waals surface area contributed by atoms with E-state index in [1.165, 1.54) is 51.4 Å². The van der Waals surface area contributed by atoms with Crippen LogP contribution in [0.5, 0.6) is 0 Å². The average Bonchev–Trinajstić information content (AvgIpc) is 3.18. The summed E-state index contributed by atoms with van der Waals surface area (Å²) in [7, 11) is -5.06. The summed E-state index contributed by atoms with van der Waals surface area (Å²) < 4.78 is 58.7. The number of hydrogen-bond acceptors (Lipinski definition) is 11. The Bertz CT molecular complexity index is 1190. The first-order valence-corrected chi connectivity index (χ1v) is 23.3. The average molecular weight is 831 g/mol. The highest BCUT2D eigenvalue weighted by molar-refractivity contribution is 7.80. The van der Waals surface area contributed by atoms with Gasteiger partial charge in [0, 0.05) is 13.0 Å². The quantitative estimate of drug-likeness (QED) is 0.0203. The SMILES string of the molecule is CC/C=C\C/C=C\C/C=C\C/C=C\CCCCCCCCCCCCCOCC(COC1OC(CO)C(O)C(OS(=O)(=O)O)C1O)OC(=O)CCCCCCCC. The molecule has 6 unspecified atom stereocenters. The lowest BCUT2D eigenvalue weighted by atomic mass is 9.99. The Morgan fingerprint density at radius 1 is 0.684 bits per heavy atom. The zero-order valence-corrected chi connectivity index (χ0v) is 36.0. The minimum Gasteiger partial charge on any atom is -0.457 e. The third-order valence-electron chi connectivity index (χ3n) is 9.72. The summed E-state index contributed by atoms with van der Waals surface area (Å²) in [6, 6.07) is 0. The van der Waals surface area contributed by atoms with Crippen LogP contribution in [0, 0.1) is 0 Å². The van der Waals surface area contributed by atoms with Gasteiger partial charge < -0.3 is 34.3 Å². The van der Waals surface area contributed by atoms with Crippen molar-refractivity contribution in [3.05, 3.63) is 48.6 Å². The van der Waals surface area contributed by atoms with Gasteiger partial charge in [0.15, 0.2) is 6.29 Å². The molecule has 0 saturated carbocycles. The zero-order chi connectivity index (χ0) is 41.8. The Morgan fingerprint density at radius 3 is 1.77 bits per heavy atom. The van der Waals surface area contributed by atoms with Crippen molar-refractivity contribution < 1.29 is 56.2 Å². The zero-order valence-electron chi connectivity index (χ0n) is 35.1. The predicted molar refractivity (Wildman–Crippen MR) is 225 cm³/mol. The summed E-state index contributed by atoms with van der Waals surface area (Å²) in [4.78, 5) is 12.7. The monoisotopic (exact) mass is 831 g/mol. The molecular formula is C44H78O12S. The third kappa shape index (κ3) is 29.8. The number of allylic oxidation sites excluding steroid dienone is 8. The summed E-state index contributed by atoms with van der Waals surface area (Å²) in [6.45, 7) is 3.78. The van der Waals surface area contributed by atoms with Gasteiger partial charge in [0.25, 0.3) is 0 Å². The van der Waals surface area contributed by atoms with Crippen molar-refractivity contribution in [2.24, 2.45) is 0 Å². The fourth-order valence-corrected chi connectivity index (χ4v) is 6.94. The van der Waals surface area contributed by atoms with E-state index in [-0.39, 0.29) is 19.6 Å². The first-order chi connectivity index (χ1) is 27.6. The number of aliphatic hydroxyl groups excluding tert-OH is 3. The lowest BCUT2D eigenvalue weighted by Crippen LogP contribution is -2.60. The third-order valence-corrected chi connectivity index (χ3v) is 10.2. The number of carbonyl (C=O) groups excluding carboxylic acids is 1. The lowest BCUT2D eigenvalue weighted by Gasteiger charge is -2.41. The molecule has 0 amide bonds. The fourth-order valence-electron chi connectivity index (χ4n) is 6.43.